The summed E-state index contributed by atoms with van der Waals surface area (Å²) < 4.78 is 6.37. The molecule has 2 N–H and O–H groups in total. The van der Waals surface area contributed by atoms with Crippen molar-refractivity contribution in [3.63, 3.8) is 0 Å². The van der Waals surface area contributed by atoms with Crippen LogP contribution in [0.4, 0.5) is 0 Å². The van der Waals surface area contributed by atoms with Crippen molar-refractivity contribution in [3.8, 4) is 5.75 Å². The molecule has 2 rings (SSSR count). The molecule has 2 aromatic rings. The first-order valence-corrected chi connectivity index (χ1v) is 4.16. The number of ether oxygens (including phenoxy) is 1. The fraction of sp³-hybridized carbons (Fsp3) is 0.111. The van der Waals surface area contributed by atoms with Gasteiger partial charge in [0.25, 0.3) is 5.56 Å². The van der Waals surface area contributed by atoms with E-state index in [9.17, 15) is 9.90 Å². The second-order valence-electron chi connectivity index (χ2n) is 2.93. The Hall–Kier alpha value is -2.24. The molecule has 0 aliphatic carbocycles. The van der Waals surface area contributed by atoms with Crippen molar-refractivity contribution < 1.29 is 9.84 Å². The molecule has 78 valence electrons. The number of methoxy groups -OCH3 is 1. The normalized spacial score (nSPS) is 10.5. The summed E-state index contributed by atoms with van der Waals surface area (Å²) in [6.45, 7) is 3.38. The van der Waals surface area contributed by atoms with Crippen LogP contribution in [0, 0.1) is 0 Å². The Bertz CT molecular complexity index is 582. The van der Waals surface area contributed by atoms with E-state index in [1.807, 2.05) is 0 Å². The molecule has 0 aromatic carbocycles. The maximum atomic E-state index is 11.5. The molecule has 0 amide bonds. The highest BCUT2D eigenvalue weighted by Gasteiger charge is 2.16. The highest BCUT2D eigenvalue weighted by Crippen LogP contribution is 2.27. The number of aliphatic hydroxyl groups is 1. The van der Waals surface area contributed by atoms with Gasteiger partial charge in [-0.2, -0.15) is 5.10 Å². The minimum Gasteiger partial charge on any atom is -0.508 e. The fourth-order valence-corrected chi connectivity index (χ4v) is 1.41. The monoisotopic (exact) mass is 207 g/mol. The van der Waals surface area contributed by atoms with E-state index in [0.29, 0.717) is 5.56 Å². The van der Waals surface area contributed by atoms with Gasteiger partial charge in [0.1, 0.15) is 12.1 Å². The molecule has 0 saturated carbocycles. The van der Waals surface area contributed by atoms with Crippen LogP contribution < -0.4 is 10.3 Å². The van der Waals surface area contributed by atoms with E-state index in [0.717, 1.165) is 0 Å². The summed E-state index contributed by atoms with van der Waals surface area (Å²) in [6, 6.07) is 0. The Morgan fingerprint density at radius 2 is 2.47 bits per heavy atom. The first kappa shape index (κ1) is 9.32. The Morgan fingerprint density at radius 1 is 1.73 bits per heavy atom. The van der Waals surface area contributed by atoms with E-state index in [1.165, 1.54) is 24.1 Å². The molecular formula is C9H9N3O3. The third-order valence-electron chi connectivity index (χ3n) is 2.05. The lowest BCUT2D eigenvalue weighted by Crippen LogP contribution is -2.10. The van der Waals surface area contributed by atoms with Crippen molar-refractivity contribution in [2.75, 3.05) is 7.11 Å². The van der Waals surface area contributed by atoms with Crippen molar-refractivity contribution in [2.45, 2.75) is 0 Å². The number of fused-ring (bicyclic) bond motifs is 1. The SMILES string of the molecule is C=C(O)c1cn2nc[nH]c(=O)c2c1OC. The number of hydrogen-bond acceptors (Lipinski definition) is 4. The maximum absolute atomic E-state index is 11.5. The van der Waals surface area contributed by atoms with E-state index in [2.05, 4.69) is 16.7 Å². The van der Waals surface area contributed by atoms with Gasteiger partial charge in [0.05, 0.1) is 12.7 Å². The first-order valence-electron chi connectivity index (χ1n) is 4.16. The Labute approximate surface area is 84.4 Å². The van der Waals surface area contributed by atoms with Crippen LogP contribution in [0.5, 0.6) is 5.75 Å². The van der Waals surface area contributed by atoms with Crippen LogP contribution in [-0.2, 0) is 0 Å². The summed E-state index contributed by atoms with van der Waals surface area (Å²) in [7, 11) is 1.41. The summed E-state index contributed by atoms with van der Waals surface area (Å²) in [6.07, 6.45) is 2.74. The van der Waals surface area contributed by atoms with E-state index < -0.39 is 0 Å². The number of aliphatic hydroxyl groups excluding tert-OH is 1. The number of aromatic amines is 1. The third kappa shape index (κ3) is 1.26. The lowest BCUT2D eigenvalue weighted by Gasteiger charge is -1.99. The van der Waals surface area contributed by atoms with Gasteiger partial charge in [-0.05, 0) is 0 Å². The lowest BCUT2D eigenvalue weighted by atomic mass is 10.2. The summed E-state index contributed by atoms with van der Waals surface area (Å²) in [5, 5.41) is 13.2. The van der Waals surface area contributed by atoms with Crippen molar-refractivity contribution in [2.24, 2.45) is 0 Å². The van der Waals surface area contributed by atoms with E-state index in [-0.39, 0.29) is 22.6 Å². The minimum atomic E-state index is -0.339. The van der Waals surface area contributed by atoms with Gasteiger partial charge in [-0.15, -0.1) is 0 Å². The Kier molecular flexibility index (Phi) is 1.96. The zero-order valence-corrected chi connectivity index (χ0v) is 8.02. The smallest absolute Gasteiger partial charge is 0.278 e. The van der Waals surface area contributed by atoms with Gasteiger partial charge in [-0.1, -0.05) is 6.58 Å². The highest BCUT2D eigenvalue weighted by molar-refractivity contribution is 5.74. The fourth-order valence-electron chi connectivity index (χ4n) is 1.41. The Morgan fingerprint density at radius 3 is 3.07 bits per heavy atom. The number of rotatable bonds is 2. The second kappa shape index (κ2) is 3.16. The molecule has 0 aliphatic heterocycles. The number of aromatic nitrogens is 3. The summed E-state index contributed by atoms with van der Waals surface area (Å²) >= 11 is 0. The largest absolute Gasteiger partial charge is 0.508 e. The summed E-state index contributed by atoms with van der Waals surface area (Å²) in [5.41, 5.74) is 0.251. The predicted molar refractivity (Wildman–Crippen MR) is 54.0 cm³/mol. The van der Waals surface area contributed by atoms with Gasteiger partial charge in [-0.3, -0.25) is 4.79 Å². The van der Waals surface area contributed by atoms with E-state index in [4.69, 9.17) is 4.74 Å². The summed E-state index contributed by atoms with van der Waals surface area (Å²) in [5.74, 6) is 0.0913. The molecule has 0 bridgehead atoms. The average molecular weight is 207 g/mol. The van der Waals surface area contributed by atoms with Crippen LogP contribution in [0.25, 0.3) is 11.3 Å². The summed E-state index contributed by atoms with van der Waals surface area (Å²) in [4.78, 5) is 13.9. The second-order valence-corrected chi connectivity index (χ2v) is 2.93. The lowest BCUT2D eigenvalue weighted by molar-refractivity contribution is 0.413. The van der Waals surface area contributed by atoms with Crippen LogP contribution >= 0.6 is 0 Å². The first-order chi connectivity index (χ1) is 7.15. The number of nitrogens with zero attached hydrogens (tertiary/aromatic N) is 2. The van der Waals surface area contributed by atoms with Crippen LogP contribution in [0.2, 0.25) is 0 Å². The van der Waals surface area contributed by atoms with E-state index in [1.54, 1.807) is 0 Å². The van der Waals surface area contributed by atoms with Crippen molar-refractivity contribution >= 4 is 11.3 Å². The van der Waals surface area contributed by atoms with Crippen molar-refractivity contribution in [1.29, 1.82) is 0 Å². The van der Waals surface area contributed by atoms with Crippen LogP contribution in [0.15, 0.2) is 23.9 Å². The van der Waals surface area contributed by atoms with Gasteiger partial charge in [0.2, 0.25) is 0 Å². The Balaban J connectivity index is 2.92. The van der Waals surface area contributed by atoms with Crippen molar-refractivity contribution in [3.05, 3.63) is 35.0 Å². The molecule has 0 saturated heterocycles. The average Bonchev–Trinajstić information content (AvgIpc) is 2.57. The molecule has 0 unspecified atom stereocenters. The third-order valence-corrected chi connectivity index (χ3v) is 2.05. The molecule has 0 fully saturated rings. The molecule has 0 atom stereocenters. The standard InChI is InChI=1S/C9H9N3O3/c1-5(13)6-3-12-7(8(6)15-2)9(14)10-4-11-12/h3-4,13H,1H2,2H3,(H,10,11,14). The number of hydrogen-bond donors (Lipinski definition) is 2. The topological polar surface area (TPSA) is 79.6 Å². The van der Waals surface area contributed by atoms with Crippen molar-refractivity contribution in [1.82, 2.24) is 14.6 Å². The molecule has 6 heteroatoms. The zero-order chi connectivity index (χ0) is 11.0. The van der Waals surface area contributed by atoms with Gasteiger partial charge in [-0.25, -0.2) is 4.52 Å². The number of H-pyrrole nitrogens is 1. The van der Waals surface area contributed by atoms with Gasteiger partial charge < -0.3 is 14.8 Å². The minimum absolute atomic E-state index is 0.170. The van der Waals surface area contributed by atoms with Crippen LogP contribution in [-0.4, -0.2) is 26.8 Å². The quantitative estimate of drug-likeness (QED) is 0.705. The molecular weight excluding hydrogens is 198 g/mol. The molecule has 15 heavy (non-hydrogen) atoms. The molecule has 0 aliphatic rings. The highest BCUT2D eigenvalue weighted by atomic mass is 16.5. The molecule has 2 heterocycles. The van der Waals surface area contributed by atoms with Crippen LogP contribution in [0.3, 0.4) is 0 Å². The van der Waals surface area contributed by atoms with Crippen LogP contribution in [0.1, 0.15) is 5.56 Å². The number of nitrogens with one attached hydrogen (secondary N) is 1. The van der Waals surface area contributed by atoms with Gasteiger partial charge in [0.15, 0.2) is 11.3 Å². The van der Waals surface area contributed by atoms with E-state index >= 15 is 0 Å². The maximum Gasteiger partial charge on any atom is 0.278 e. The molecule has 2 aromatic heterocycles. The molecule has 6 nitrogen and oxygen atoms in total. The molecule has 0 spiro atoms. The predicted octanol–water partition coefficient (Wildman–Crippen LogP) is 0.560. The molecule has 0 radical (unpaired) electrons. The van der Waals surface area contributed by atoms with Gasteiger partial charge in [0, 0.05) is 6.20 Å². The zero-order valence-electron chi connectivity index (χ0n) is 8.02. The van der Waals surface area contributed by atoms with Gasteiger partial charge >= 0.3 is 0 Å².